The minimum Gasteiger partial charge on any atom is -0.497 e. The number of hydrogen-bond acceptors (Lipinski definition) is 6. The molecule has 0 aliphatic rings. The summed E-state index contributed by atoms with van der Waals surface area (Å²) in [6, 6.07) is 25.7. The highest BCUT2D eigenvalue weighted by Crippen LogP contribution is 2.22. The molecular weight excluding hydrogens is 432 g/mol. The highest BCUT2D eigenvalue weighted by molar-refractivity contribution is 7.09. The standard InChI is InChI=1S/C26H26N4O2S/c1-19-11-13-22(14-12-19)27-25(31)18-30(17-20-7-4-3-5-8-20)26-28-24(29-33-26)16-21-9-6-10-23(15-21)32-2/h3-15H,16-18H2,1-2H3,(H,27,31). The number of nitrogens with zero attached hydrogens (tertiary/aromatic N) is 3. The molecule has 33 heavy (non-hydrogen) atoms. The molecule has 6 nitrogen and oxygen atoms in total. The van der Waals surface area contributed by atoms with Gasteiger partial charge >= 0.3 is 0 Å². The molecule has 0 saturated carbocycles. The van der Waals surface area contributed by atoms with Gasteiger partial charge in [0.15, 0.2) is 0 Å². The second-order valence-electron chi connectivity index (χ2n) is 7.78. The summed E-state index contributed by atoms with van der Waals surface area (Å²) in [7, 11) is 1.65. The first-order valence-electron chi connectivity index (χ1n) is 10.7. The highest BCUT2D eigenvalue weighted by Gasteiger charge is 2.17. The third-order valence-corrected chi connectivity index (χ3v) is 5.93. The number of aryl methyl sites for hydroxylation is 1. The van der Waals surface area contributed by atoms with Crippen molar-refractivity contribution in [2.75, 3.05) is 23.9 Å². The van der Waals surface area contributed by atoms with Crippen molar-refractivity contribution in [3.8, 4) is 5.75 Å². The number of benzene rings is 3. The van der Waals surface area contributed by atoms with Gasteiger partial charge in [-0.3, -0.25) is 4.79 Å². The fourth-order valence-corrected chi connectivity index (χ4v) is 4.10. The molecule has 0 aliphatic carbocycles. The lowest BCUT2D eigenvalue weighted by molar-refractivity contribution is -0.115. The Hall–Kier alpha value is -3.71. The Bertz CT molecular complexity index is 1190. The summed E-state index contributed by atoms with van der Waals surface area (Å²) in [4.78, 5) is 19.5. The van der Waals surface area contributed by atoms with Crippen molar-refractivity contribution in [2.24, 2.45) is 0 Å². The van der Waals surface area contributed by atoms with Gasteiger partial charge in [0.05, 0.1) is 13.7 Å². The first-order chi connectivity index (χ1) is 16.1. The number of hydrogen-bond donors (Lipinski definition) is 1. The number of amides is 1. The molecule has 1 heterocycles. The van der Waals surface area contributed by atoms with Crippen LogP contribution in [0.15, 0.2) is 78.9 Å². The van der Waals surface area contributed by atoms with Crippen molar-refractivity contribution in [3.63, 3.8) is 0 Å². The van der Waals surface area contributed by atoms with Crippen molar-refractivity contribution in [2.45, 2.75) is 19.9 Å². The molecule has 0 fully saturated rings. The second kappa shape index (κ2) is 10.7. The lowest BCUT2D eigenvalue weighted by Gasteiger charge is -2.21. The molecule has 0 aliphatic heterocycles. The van der Waals surface area contributed by atoms with Gasteiger partial charge in [-0.05, 0) is 42.3 Å². The highest BCUT2D eigenvalue weighted by atomic mass is 32.1. The van der Waals surface area contributed by atoms with E-state index in [9.17, 15) is 4.79 Å². The monoisotopic (exact) mass is 458 g/mol. The van der Waals surface area contributed by atoms with Gasteiger partial charge in [0, 0.05) is 30.2 Å². The number of ether oxygens (including phenoxy) is 1. The fourth-order valence-electron chi connectivity index (χ4n) is 3.42. The Balaban J connectivity index is 1.50. The maximum atomic E-state index is 12.8. The van der Waals surface area contributed by atoms with Crippen LogP contribution < -0.4 is 15.0 Å². The Morgan fingerprint density at radius 2 is 1.76 bits per heavy atom. The third kappa shape index (κ3) is 6.40. The van der Waals surface area contributed by atoms with Crippen molar-refractivity contribution < 1.29 is 9.53 Å². The number of carbonyl (C=O) groups is 1. The Kier molecular flexibility index (Phi) is 7.32. The van der Waals surface area contributed by atoms with E-state index in [-0.39, 0.29) is 12.5 Å². The first kappa shape index (κ1) is 22.5. The number of nitrogens with one attached hydrogen (secondary N) is 1. The van der Waals surface area contributed by atoms with Crippen LogP contribution in [0.25, 0.3) is 0 Å². The van der Waals surface area contributed by atoms with Gasteiger partial charge in [-0.2, -0.15) is 4.37 Å². The van der Waals surface area contributed by atoms with Crippen LogP contribution in [-0.2, 0) is 17.8 Å². The smallest absolute Gasteiger partial charge is 0.243 e. The van der Waals surface area contributed by atoms with Crippen molar-refractivity contribution in [3.05, 3.63) is 101 Å². The van der Waals surface area contributed by atoms with Crippen LogP contribution in [0.1, 0.15) is 22.5 Å². The van der Waals surface area contributed by atoms with Gasteiger partial charge in [0.25, 0.3) is 0 Å². The summed E-state index contributed by atoms with van der Waals surface area (Å²) < 4.78 is 9.86. The molecule has 3 aromatic carbocycles. The number of carbonyl (C=O) groups excluding carboxylic acids is 1. The Morgan fingerprint density at radius 1 is 1.00 bits per heavy atom. The minimum atomic E-state index is -0.0978. The molecule has 1 N–H and O–H groups in total. The number of rotatable bonds is 9. The summed E-state index contributed by atoms with van der Waals surface area (Å²) in [6.45, 7) is 2.76. The molecule has 0 atom stereocenters. The van der Waals surface area contributed by atoms with Gasteiger partial charge in [-0.15, -0.1) is 0 Å². The maximum absolute atomic E-state index is 12.8. The van der Waals surface area contributed by atoms with E-state index >= 15 is 0 Å². The van der Waals surface area contributed by atoms with Crippen LogP contribution in [0.2, 0.25) is 0 Å². The summed E-state index contributed by atoms with van der Waals surface area (Å²) in [5, 5.41) is 3.69. The molecule has 0 spiro atoms. The molecular formula is C26H26N4O2S. The normalized spacial score (nSPS) is 10.6. The van der Waals surface area contributed by atoms with E-state index in [1.165, 1.54) is 11.5 Å². The molecule has 4 aromatic rings. The predicted octanol–water partition coefficient (Wildman–Crippen LogP) is 5.09. The molecule has 7 heteroatoms. The summed E-state index contributed by atoms with van der Waals surface area (Å²) in [5.74, 6) is 1.43. The van der Waals surface area contributed by atoms with Crippen LogP contribution >= 0.6 is 11.5 Å². The Morgan fingerprint density at radius 3 is 2.52 bits per heavy atom. The van der Waals surface area contributed by atoms with E-state index in [0.29, 0.717) is 13.0 Å². The summed E-state index contributed by atoms with van der Waals surface area (Å²) >= 11 is 1.31. The lowest BCUT2D eigenvalue weighted by atomic mass is 10.1. The molecule has 0 radical (unpaired) electrons. The topological polar surface area (TPSA) is 67.3 Å². The minimum absolute atomic E-state index is 0.0978. The van der Waals surface area contributed by atoms with Gasteiger partial charge in [0.1, 0.15) is 11.6 Å². The quantitative estimate of drug-likeness (QED) is 0.378. The zero-order valence-electron chi connectivity index (χ0n) is 18.7. The summed E-state index contributed by atoms with van der Waals surface area (Å²) in [6.07, 6.45) is 0.600. The van der Waals surface area contributed by atoms with Crippen LogP contribution in [0.4, 0.5) is 10.8 Å². The van der Waals surface area contributed by atoms with E-state index < -0.39 is 0 Å². The van der Waals surface area contributed by atoms with Crippen LogP contribution in [0, 0.1) is 6.92 Å². The van der Waals surface area contributed by atoms with Gasteiger partial charge in [0.2, 0.25) is 11.0 Å². The zero-order valence-corrected chi connectivity index (χ0v) is 19.5. The van der Waals surface area contributed by atoms with E-state index in [4.69, 9.17) is 9.72 Å². The average molecular weight is 459 g/mol. The molecule has 1 aromatic heterocycles. The molecule has 0 unspecified atom stereocenters. The Labute approximate surface area is 198 Å². The predicted molar refractivity (Wildman–Crippen MR) is 133 cm³/mol. The van der Waals surface area contributed by atoms with E-state index in [1.807, 2.05) is 90.7 Å². The maximum Gasteiger partial charge on any atom is 0.243 e. The molecule has 0 bridgehead atoms. The van der Waals surface area contributed by atoms with E-state index in [2.05, 4.69) is 9.69 Å². The molecule has 4 rings (SSSR count). The average Bonchev–Trinajstić information content (AvgIpc) is 3.29. The largest absolute Gasteiger partial charge is 0.497 e. The van der Waals surface area contributed by atoms with Crippen molar-refractivity contribution in [1.82, 2.24) is 9.36 Å². The van der Waals surface area contributed by atoms with Crippen LogP contribution in [0.5, 0.6) is 5.75 Å². The van der Waals surface area contributed by atoms with Gasteiger partial charge in [-0.25, -0.2) is 4.98 Å². The van der Waals surface area contributed by atoms with Crippen LogP contribution in [-0.4, -0.2) is 28.9 Å². The number of anilines is 2. The fraction of sp³-hybridized carbons (Fsp3) is 0.192. The molecule has 168 valence electrons. The zero-order chi connectivity index (χ0) is 23.0. The molecule has 1 amide bonds. The summed E-state index contributed by atoms with van der Waals surface area (Å²) in [5.41, 5.74) is 4.10. The van der Waals surface area contributed by atoms with Gasteiger partial charge < -0.3 is 15.0 Å². The van der Waals surface area contributed by atoms with E-state index in [1.54, 1.807) is 7.11 Å². The third-order valence-electron chi connectivity index (χ3n) is 5.11. The second-order valence-corrected chi connectivity index (χ2v) is 8.51. The van der Waals surface area contributed by atoms with Crippen LogP contribution in [0.3, 0.4) is 0 Å². The first-order valence-corrected chi connectivity index (χ1v) is 11.5. The lowest BCUT2D eigenvalue weighted by Crippen LogP contribution is -2.33. The van der Waals surface area contributed by atoms with E-state index in [0.717, 1.165) is 39.1 Å². The van der Waals surface area contributed by atoms with Crippen molar-refractivity contribution >= 4 is 28.3 Å². The van der Waals surface area contributed by atoms with Gasteiger partial charge in [-0.1, -0.05) is 60.2 Å². The van der Waals surface area contributed by atoms with Crippen molar-refractivity contribution in [1.29, 1.82) is 0 Å². The molecule has 0 saturated heterocycles. The SMILES string of the molecule is COc1cccc(Cc2nsc(N(CC(=O)Nc3ccc(C)cc3)Cc3ccccc3)n2)c1. The number of methoxy groups -OCH3 is 1. The number of aromatic nitrogens is 2.